The van der Waals surface area contributed by atoms with Crippen LogP contribution in [0.4, 0.5) is 0 Å². The number of benzene rings is 6. The molecule has 4 nitrogen and oxygen atoms in total. The Morgan fingerprint density at radius 3 is 1.98 bits per heavy atom. The van der Waals surface area contributed by atoms with Gasteiger partial charge in [0.15, 0.2) is 0 Å². The van der Waals surface area contributed by atoms with Crippen LogP contribution in [0, 0.1) is 0 Å². The quantitative estimate of drug-likeness (QED) is 0.196. The van der Waals surface area contributed by atoms with Gasteiger partial charge in [-0.05, 0) is 82.9 Å². The summed E-state index contributed by atoms with van der Waals surface area (Å²) in [6.45, 7) is 0. The smallest absolute Gasteiger partial charge is 0.141 e. The summed E-state index contributed by atoms with van der Waals surface area (Å²) in [6, 6.07) is 55.9. The van der Waals surface area contributed by atoms with E-state index in [1.54, 1.807) is 0 Å². The zero-order chi connectivity index (χ0) is 31.3. The molecule has 3 heterocycles. The summed E-state index contributed by atoms with van der Waals surface area (Å²) in [7, 11) is 2.11. The Morgan fingerprint density at radius 1 is 0.468 bits per heavy atom. The molecule has 9 aromatic rings. The van der Waals surface area contributed by atoms with Crippen LogP contribution in [0.25, 0.3) is 83.4 Å². The SMILES string of the molecule is Cn1c(-c2cc3c(cc2-c2ccccc2)c2cc(-c4ccccc4)ccc2n3-c2cccc(-c3ccccn3)c2)nc2ccccc21. The van der Waals surface area contributed by atoms with Crippen LogP contribution in [0.3, 0.4) is 0 Å². The molecule has 0 saturated heterocycles. The number of fused-ring (bicyclic) bond motifs is 4. The highest BCUT2D eigenvalue weighted by Gasteiger charge is 2.21. The number of rotatable bonds is 5. The molecular weight excluding hydrogens is 573 g/mol. The van der Waals surface area contributed by atoms with Gasteiger partial charge in [0.25, 0.3) is 0 Å². The third-order valence-electron chi connectivity index (χ3n) is 9.19. The standard InChI is InChI=1S/C43H30N4/c1-46-41-21-9-8-20-39(41)45-43(46)37-28-42-36(27-34(37)30-15-6-3-7-16-30)35-26-31(29-13-4-2-5-14-29)22-23-40(35)47(42)33-18-12-17-32(25-33)38-19-10-11-24-44-38/h2-28H,1H3. The van der Waals surface area contributed by atoms with Gasteiger partial charge in [0, 0.05) is 40.8 Å². The third kappa shape index (κ3) is 4.53. The molecule has 0 atom stereocenters. The second-order valence-electron chi connectivity index (χ2n) is 12.0. The van der Waals surface area contributed by atoms with E-state index in [2.05, 4.69) is 167 Å². The molecule has 0 N–H and O–H groups in total. The van der Waals surface area contributed by atoms with E-state index in [0.717, 1.165) is 61.5 Å². The van der Waals surface area contributed by atoms with Crippen LogP contribution >= 0.6 is 0 Å². The molecule has 0 fully saturated rings. The fraction of sp³-hybridized carbons (Fsp3) is 0.0233. The lowest BCUT2D eigenvalue weighted by Gasteiger charge is -2.14. The predicted molar refractivity (Wildman–Crippen MR) is 195 cm³/mol. The zero-order valence-electron chi connectivity index (χ0n) is 25.9. The van der Waals surface area contributed by atoms with E-state index < -0.39 is 0 Å². The first-order valence-corrected chi connectivity index (χ1v) is 15.9. The van der Waals surface area contributed by atoms with E-state index in [9.17, 15) is 0 Å². The Bertz CT molecular complexity index is 2560. The van der Waals surface area contributed by atoms with Crippen molar-refractivity contribution in [3.8, 4) is 50.6 Å². The molecule has 0 radical (unpaired) electrons. The van der Waals surface area contributed by atoms with Crippen LogP contribution in [-0.4, -0.2) is 19.1 Å². The number of hydrogen-bond donors (Lipinski definition) is 0. The van der Waals surface area contributed by atoms with Gasteiger partial charge >= 0.3 is 0 Å². The summed E-state index contributed by atoms with van der Waals surface area (Å²) in [5, 5.41) is 2.40. The van der Waals surface area contributed by atoms with Gasteiger partial charge < -0.3 is 9.13 Å². The number of pyridine rings is 1. The molecule has 0 saturated carbocycles. The summed E-state index contributed by atoms with van der Waals surface area (Å²) in [4.78, 5) is 9.84. The van der Waals surface area contributed by atoms with Crippen molar-refractivity contribution in [3.63, 3.8) is 0 Å². The van der Waals surface area contributed by atoms with Crippen LogP contribution in [0.5, 0.6) is 0 Å². The fourth-order valence-electron chi connectivity index (χ4n) is 6.92. The van der Waals surface area contributed by atoms with Crippen molar-refractivity contribution < 1.29 is 0 Å². The number of hydrogen-bond acceptors (Lipinski definition) is 2. The highest BCUT2D eigenvalue weighted by Crippen LogP contribution is 2.42. The van der Waals surface area contributed by atoms with Gasteiger partial charge in [-0.3, -0.25) is 4.98 Å². The van der Waals surface area contributed by atoms with E-state index >= 15 is 0 Å². The minimum atomic E-state index is 0.941. The van der Waals surface area contributed by atoms with E-state index in [1.165, 1.54) is 21.9 Å². The first kappa shape index (κ1) is 27.1. The molecule has 222 valence electrons. The summed E-state index contributed by atoms with van der Waals surface area (Å²) in [6.07, 6.45) is 1.85. The van der Waals surface area contributed by atoms with E-state index in [1.807, 2.05) is 18.3 Å². The molecule has 3 aromatic heterocycles. The predicted octanol–water partition coefficient (Wildman–Crippen LogP) is 10.7. The van der Waals surface area contributed by atoms with Crippen molar-refractivity contribution in [2.24, 2.45) is 7.05 Å². The van der Waals surface area contributed by atoms with Crippen LogP contribution in [0.15, 0.2) is 164 Å². The molecule has 9 rings (SSSR count). The average Bonchev–Trinajstić information content (AvgIpc) is 3.65. The number of imidazole rings is 1. The fourth-order valence-corrected chi connectivity index (χ4v) is 6.92. The van der Waals surface area contributed by atoms with Crippen LogP contribution in [0.2, 0.25) is 0 Å². The Kier molecular flexibility index (Phi) is 6.32. The lowest BCUT2D eigenvalue weighted by molar-refractivity contribution is 0.960. The molecule has 4 heteroatoms. The molecule has 0 spiro atoms. The number of nitrogens with zero attached hydrogens (tertiary/aromatic N) is 4. The minimum absolute atomic E-state index is 0.941. The third-order valence-corrected chi connectivity index (χ3v) is 9.19. The molecule has 0 amide bonds. The molecule has 0 bridgehead atoms. The average molecular weight is 603 g/mol. The summed E-state index contributed by atoms with van der Waals surface area (Å²) < 4.78 is 4.61. The highest BCUT2D eigenvalue weighted by atomic mass is 15.1. The Labute approximate surface area is 272 Å². The molecule has 0 aliphatic rings. The molecule has 0 unspecified atom stereocenters. The maximum absolute atomic E-state index is 5.18. The van der Waals surface area contributed by atoms with E-state index in [4.69, 9.17) is 4.98 Å². The van der Waals surface area contributed by atoms with Crippen LogP contribution in [-0.2, 0) is 7.05 Å². The molecule has 0 aliphatic carbocycles. The maximum atomic E-state index is 5.18. The van der Waals surface area contributed by atoms with Gasteiger partial charge in [0.2, 0.25) is 0 Å². The van der Waals surface area contributed by atoms with Gasteiger partial charge in [-0.1, -0.05) is 97.1 Å². The largest absolute Gasteiger partial charge is 0.327 e. The number of aryl methyl sites for hydroxylation is 1. The van der Waals surface area contributed by atoms with Gasteiger partial charge in [-0.2, -0.15) is 0 Å². The number of para-hydroxylation sites is 2. The molecule has 6 aromatic carbocycles. The Morgan fingerprint density at radius 2 is 1.19 bits per heavy atom. The highest BCUT2D eigenvalue weighted by molar-refractivity contribution is 6.13. The number of aromatic nitrogens is 4. The summed E-state index contributed by atoms with van der Waals surface area (Å²) in [5.41, 5.74) is 13.3. The molecular formula is C43H30N4. The van der Waals surface area contributed by atoms with Crippen molar-refractivity contribution in [2.75, 3.05) is 0 Å². The second kappa shape index (κ2) is 11.0. The zero-order valence-corrected chi connectivity index (χ0v) is 25.9. The van der Waals surface area contributed by atoms with Crippen molar-refractivity contribution in [2.45, 2.75) is 0 Å². The van der Waals surface area contributed by atoms with Crippen molar-refractivity contribution in [1.82, 2.24) is 19.1 Å². The normalized spacial score (nSPS) is 11.5. The van der Waals surface area contributed by atoms with Crippen molar-refractivity contribution in [1.29, 1.82) is 0 Å². The summed E-state index contributed by atoms with van der Waals surface area (Å²) in [5.74, 6) is 0.941. The van der Waals surface area contributed by atoms with Crippen LogP contribution in [0.1, 0.15) is 0 Å². The second-order valence-corrected chi connectivity index (χ2v) is 12.0. The van der Waals surface area contributed by atoms with Gasteiger partial charge in [-0.25, -0.2) is 4.98 Å². The van der Waals surface area contributed by atoms with Gasteiger partial charge in [0.05, 0.1) is 27.8 Å². The minimum Gasteiger partial charge on any atom is -0.327 e. The topological polar surface area (TPSA) is 35.6 Å². The van der Waals surface area contributed by atoms with Crippen molar-refractivity contribution >= 4 is 32.8 Å². The first-order chi connectivity index (χ1) is 23.2. The van der Waals surface area contributed by atoms with E-state index in [0.29, 0.717) is 0 Å². The molecule has 0 aliphatic heterocycles. The molecule has 47 heavy (non-hydrogen) atoms. The van der Waals surface area contributed by atoms with Crippen LogP contribution < -0.4 is 0 Å². The first-order valence-electron chi connectivity index (χ1n) is 15.9. The monoisotopic (exact) mass is 602 g/mol. The maximum Gasteiger partial charge on any atom is 0.141 e. The lowest BCUT2D eigenvalue weighted by atomic mass is 9.95. The van der Waals surface area contributed by atoms with Crippen molar-refractivity contribution in [3.05, 3.63) is 164 Å². The Balaban J connectivity index is 1.39. The van der Waals surface area contributed by atoms with Gasteiger partial charge in [-0.15, -0.1) is 0 Å². The Hall–Kier alpha value is -6.26. The van der Waals surface area contributed by atoms with E-state index in [-0.39, 0.29) is 0 Å². The summed E-state index contributed by atoms with van der Waals surface area (Å²) >= 11 is 0. The van der Waals surface area contributed by atoms with Gasteiger partial charge in [0.1, 0.15) is 5.82 Å². The lowest BCUT2D eigenvalue weighted by Crippen LogP contribution is -1.98.